The van der Waals surface area contributed by atoms with E-state index in [1.54, 1.807) is 13.2 Å². The molecule has 1 rings (SSSR count). The first kappa shape index (κ1) is 17.5. The van der Waals surface area contributed by atoms with Crippen molar-refractivity contribution in [3.8, 4) is 5.75 Å². The van der Waals surface area contributed by atoms with Gasteiger partial charge >= 0.3 is 5.97 Å². The van der Waals surface area contributed by atoms with Gasteiger partial charge < -0.3 is 20.3 Å². The fourth-order valence-corrected chi connectivity index (χ4v) is 2.36. The van der Waals surface area contributed by atoms with Crippen LogP contribution in [0.25, 0.3) is 0 Å². The van der Waals surface area contributed by atoms with Crippen LogP contribution in [0.2, 0.25) is 0 Å². The molecule has 7 heteroatoms. The predicted octanol–water partition coefficient (Wildman–Crippen LogP) is 1.34. The third kappa shape index (κ3) is 5.73. The van der Waals surface area contributed by atoms with Gasteiger partial charge in [0.15, 0.2) is 0 Å². The van der Waals surface area contributed by atoms with E-state index in [0.717, 1.165) is 10.0 Å². The summed E-state index contributed by atoms with van der Waals surface area (Å²) in [6, 6.07) is 4.45. The molecule has 0 aliphatic heterocycles. The lowest BCUT2D eigenvalue weighted by atomic mass is 10.1. The molecular formula is C14H18BrNO5. The number of carbonyl (C=O) groups excluding carboxylic acids is 1. The minimum Gasteiger partial charge on any atom is -0.496 e. The standard InChI is InChI=1S/C14H18BrNO5/c1-21-12-4-2-9(8-10(12)15)3-5-13(18)16-11(6-7-17)14(19)20/h2,4,8,11,17H,3,5-7H2,1H3,(H,16,18)(H,19,20)/t11-/m1/s1. The average Bonchev–Trinajstić information content (AvgIpc) is 2.44. The third-order valence-electron chi connectivity index (χ3n) is 2.91. The summed E-state index contributed by atoms with van der Waals surface area (Å²) in [6.07, 6.45) is 0.656. The molecule has 0 aromatic heterocycles. The molecule has 1 atom stereocenters. The maximum atomic E-state index is 11.7. The zero-order chi connectivity index (χ0) is 15.8. The summed E-state index contributed by atoms with van der Waals surface area (Å²) in [6.45, 7) is -0.289. The Labute approximate surface area is 131 Å². The number of hydrogen-bond donors (Lipinski definition) is 3. The summed E-state index contributed by atoms with van der Waals surface area (Å²) in [7, 11) is 1.57. The van der Waals surface area contributed by atoms with Gasteiger partial charge in [0.1, 0.15) is 11.8 Å². The van der Waals surface area contributed by atoms with Gasteiger partial charge in [-0.1, -0.05) is 6.07 Å². The van der Waals surface area contributed by atoms with E-state index in [0.29, 0.717) is 12.2 Å². The molecule has 3 N–H and O–H groups in total. The number of aliphatic hydroxyl groups is 1. The molecule has 0 aliphatic rings. The highest BCUT2D eigenvalue weighted by Gasteiger charge is 2.18. The van der Waals surface area contributed by atoms with Crippen LogP contribution in [-0.4, -0.2) is 41.8 Å². The number of methoxy groups -OCH3 is 1. The number of carbonyl (C=O) groups is 2. The number of carboxylic acid groups (broad SMARTS) is 1. The quantitative estimate of drug-likeness (QED) is 0.650. The van der Waals surface area contributed by atoms with E-state index in [1.807, 2.05) is 12.1 Å². The Hall–Kier alpha value is -1.60. The SMILES string of the molecule is COc1ccc(CCC(=O)N[C@H](CCO)C(=O)O)cc1Br. The summed E-state index contributed by atoms with van der Waals surface area (Å²) in [4.78, 5) is 22.6. The molecule has 116 valence electrons. The second-order valence-electron chi connectivity index (χ2n) is 4.44. The van der Waals surface area contributed by atoms with Crippen molar-refractivity contribution >= 4 is 27.8 Å². The maximum Gasteiger partial charge on any atom is 0.326 e. The van der Waals surface area contributed by atoms with Crippen molar-refractivity contribution in [2.45, 2.75) is 25.3 Å². The highest BCUT2D eigenvalue weighted by atomic mass is 79.9. The summed E-state index contributed by atoms with van der Waals surface area (Å²) in [5.41, 5.74) is 0.937. The number of ether oxygens (including phenoxy) is 1. The molecule has 1 aromatic rings. The lowest BCUT2D eigenvalue weighted by Crippen LogP contribution is -2.41. The van der Waals surface area contributed by atoms with Gasteiger partial charge in [0.2, 0.25) is 5.91 Å². The monoisotopic (exact) mass is 359 g/mol. The number of aliphatic carboxylic acids is 1. The molecule has 0 spiro atoms. The predicted molar refractivity (Wildman–Crippen MR) is 80.3 cm³/mol. The van der Waals surface area contributed by atoms with Gasteiger partial charge in [-0.05, 0) is 40.0 Å². The van der Waals surface area contributed by atoms with Crippen molar-refractivity contribution in [2.75, 3.05) is 13.7 Å². The number of nitrogens with one attached hydrogen (secondary N) is 1. The Balaban J connectivity index is 2.52. The number of halogens is 1. The fourth-order valence-electron chi connectivity index (χ4n) is 1.78. The third-order valence-corrected chi connectivity index (χ3v) is 3.53. The first-order valence-corrected chi connectivity index (χ1v) is 7.22. The van der Waals surface area contributed by atoms with Crippen molar-refractivity contribution in [2.24, 2.45) is 0 Å². The molecular weight excluding hydrogens is 342 g/mol. The number of rotatable bonds is 8. The Kier molecular flexibility index (Phi) is 7.18. The summed E-state index contributed by atoms with van der Waals surface area (Å²) >= 11 is 3.36. The minimum absolute atomic E-state index is 0.00480. The molecule has 0 saturated heterocycles. The Bertz CT molecular complexity index is 506. The van der Waals surface area contributed by atoms with Gasteiger partial charge in [0, 0.05) is 19.4 Å². The van der Waals surface area contributed by atoms with Crippen LogP contribution < -0.4 is 10.1 Å². The first-order chi connectivity index (χ1) is 9.97. The van der Waals surface area contributed by atoms with E-state index in [2.05, 4.69) is 21.2 Å². The average molecular weight is 360 g/mol. The smallest absolute Gasteiger partial charge is 0.326 e. The zero-order valence-electron chi connectivity index (χ0n) is 11.6. The van der Waals surface area contributed by atoms with Crippen LogP contribution in [0.15, 0.2) is 22.7 Å². The second-order valence-corrected chi connectivity index (χ2v) is 5.29. The van der Waals surface area contributed by atoms with Crippen LogP contribution in [0.5, 0.6) is 5.75 Å². The Morgan fingerprint density at radius 2 is 2.14 bits per heavy atom. The van der Waals surface area contributed by atoms with E-state index in [1.165, 1.54) is 0 Å². The van der Waals surface area contributed by atoms with Gasteiger partial charge in [-0.2, -0.15) is 0 Å². The van der Waals surface area contributed by atoms with Crippen molar-refractivity contribution in [1.82, 2.24) is 5.32 Å². The summed E-state index contributed by atoms with van der Waals surface area (Å²) in [5.74, 6) is -0.801. The summed E-state index contributed by atoms with van der Waals surface area (Å²) < 4.78 is 5.91. The molecule has 1 amide bonds. The van der Waals surface area contributed by atoms with Gasteiger partial charge in [-0.3, -0.25) is 4.79 Å². The molecule has 21 heavy (non-hydrogen) atoms. The number of hydrogen-bond acceptors (Lipinski definition) is 4. The number of benzene rings is 1. The van der Waals surface area contributed by atoms with E-state index >= 15 is 0 Å². The first-order valence-electron chi connectivity index (χ1n) is 6.43. The van der Waals surface area contributed by atoms with Crippen LogP contribution in [-0.2, 0) is 16.0 Å². The molecule has 0 unspecified atom stereocenters. The minimum atomic E-state index is -1.15. The largest absolute Gasteiger partial charge is 0.496 e. The van der Waals surface area contributed by atoms with E-state index < -0.39 is 12.0 Å². The molecule has 0 radical (unpaired) electrons. The Morgan fingerprint density at radius 3 is 2.67 bits per heavy atom. The van der Waals surface area contributed by atoms with Gasteiger partial charge in [0.25, 0.3) is 0 Å². The molecule has 0 heterocycles. The summed E-state index contributed by atoms with van der Waals surface area (Å²) in [5, 5.41) is 20.0. The van der Waals surface area contributed by atoms with Gasteiger partial charge in [-0.25, -0.2) is 4.79 Å². The van der Waals surface area contributed by atoms with E-state index in [4.69, 9.17) is 14.9 Å². The van der Waals surface area contributed by atoms with Crippen molar-refractivity contribution in [1.29, 1.82) is 0 Å². The zero-order valence-corrected chi connectivity index (χ0v) is 13.2. The highest BCUT2D eigenvalue weighted by molar-refractivity contribution is 9.10. The number of carboxylic acids is 1. The molecule has 6 nitrogen and oxygen atoms in total. The van der Waals surface area contributed by atoms with Crippen LogP contribution in [0, 0.1) is 0 Å². The normalized spacial score (nSPS) is 11.8. The van der Waals surface area contributed by atoms with Crippen molar-refractivity contribution in [3.63, 3.8) is 0 Å². The van der Waals surface area contributed by atoms with Crippen LogP contribution in [0.1, 0.15) is 18.4 Å². The fraction of sp³-hybridized carbons (Fsp3) is 0.429. The molecule has 0 bridgehead atoms. The van der Waals surface area contributed by atoms with Gasteiger partial charge in [0.05, 0.1) is 11.6 Å². The highest BCUT2D eigenvalue weighted by Crippen LogP contribution is 2.25. The topological polar surface area (TPSA) is 95.9 Å². The number of aryl methyl sites for hydroxylation is 1. The molecule has 0 fully saturated rings. The van der Waals surface area contributed by atoms with E-state index in [9.17, 15) is 9.59 Å². The van der Waals surface area contributed by atoms with Crippen LogP contribution >= 0.6 is 15.9 Å². The van der Waals surface area contributed by atoms with E-state index in [-0.39, 0.29) is 25.4 Å². The number of amides is 1. The second kappa shape index (κ2) is 8.63. The maximum absolute atomic E-state index is 11.7. The van der Waals surface area contributed by atoms with Crippen molar-refractivity contribution < 1.29 is 24.5 Å². The van der Waals surface area contributed by atoms with Crippen molar-refractivity contribution in [3.05, 3.63) is 28.2 Å². The Morgan fingerprint density at radius 1 is 1.43 bits per heavy atom. The van der Waals surface area contributed by atoms with Gasteiger partial charge in [-0.15, -0.1) is 0 Å². The van der Waals surface area contributed by atoms with Crippen LogP contribution in [0.4, 0.5) is 0 Å². The lowest BCUT2D eigenvalue weighted by Gasteiger charge is -2.13. The molecule has 0 saturated carbocycles. The van der Waals surface area contributed by atoms with Crippen LogP contribution in [0.3, 0.4) is 0 Å². The lowest BCUT2D eigenvalue weighted by molar-refractivity contribution is -0.142. The molecule has 1 aromatic carbocycles. The number of aliphatic hydroxyl groups excluding tert-OH is 1. The molecule has 0 aliphatic carbocycles.